The number of amides is 1. The predicted molar refractivity (Wildman–Crippen MR) is 101 cm³/mol. The number of hydrogen-bond acceptors (Lipinski definition) is 7. The smallest absolute Gasteiger partial charge is 0.223 e. The van der Waals surface area contributed by atoms with Crippen LogP contribution in [-0.2, 0) is 4.79 Å². The first-order chi connectivity index (χ1) is 12.2. The van der Waals surface area contributed by atoms with Crippen molar-refractivity contribution in [2.24, 2.45) is 5.73 Å². The molecule has 0 aliphatic carbocycles. The Kier molecular flexibility index (Phi) is 5.80. The lowest BCUT2D eigenvalue weighted by atomic mass is 10.3. The molecule has 134 valence electrons. The van der Waals surface area contributed by atoms with Gasteiger partial charge in [-0.15, -0.1) is 0 Å². The van der Waals surface area contributed by atoms with Gasteiger partial charge in [-0.05, 0) is 30.7 Å². The number of carbonyl (C=O) groups is 1. The van der Waals surface area contributed by atoms with Crippen molar-refractivity contribution < 1.29 is 4.79 Å². The van der Waals surface area contributed by atoms with Gasteiger partial charge in [-0.2, -0.15) is 0 Å². The van der Waals surface area contributed by atoms with Gasteiger partial charge in [0.2, 0.25) is 11.9 Å². The molecule has 1 amide bonds. The van der Waals surface area contributed by atoms with E-state index in [1.54, 1.807) is 18.0 Å². The number of nitrogens with zero attached hydrogens (tertiary/aromatic N) is 3. The van der Waals surface area contributed by atoms with E-state index >= 15 is 0 Å². The lowest BCUT2D eigenvalue weighted by Crippen LogP contribution is -2.27. The van der Waals surface area contributed by atoms with Crippen molar-refractivity contribution in [3.05, 3.63) is 34.1 Å². The molecule has 25 heavy (non-hydrogen) atoms. The minimum atomic E-state index is 0.263. The molecular weight excluding hydrogens is 336 g/mol. The summed E-state index contributed by atoms with van der Waals surface area (Å²) < 4.78 is 0. The highest BCUT2D eigenvalue weighted by Crippen LogP contribution is 2.29. The average molecular weight is 360 g/mol. The molecule has 0 spiro atoms. The fourth-order valence-electron chi connectivity index (χ4n) is 2.76. The summed E-state index contributed by atoms with van der Waals surface area (Å²) in [5.41, 5.74) is 8.72. The molecule has 4 N–H and O–H groups in total. The Morgan fingerprint density at radius 3 is 3.12 bits per heavy atom. The van der Waals surface area contributed by atoms with Crippen molar-refractivity contribution in [3.8, 4) is 0 Å². The molecule has 1 fully saturated rings. The number of hydrogen-bond donors (Lipinski definition) is 3. The van der Waals surface area contributed by atoms with Crippen LogP contribution >= 0.6 is 11.8 Å². The molecule has 1 aromatic heterocycles. The van der Waals surface area contributed by atoms with Crippen molar-refractivity contribution in [1.82, 2.24) is 20.2 Å². The van der Waals surface area contributed by atoms with Crippen LogP contribution in [0.4, 0.5) is 5.95 Å². The zero-order chi connectivity index (χ0) is 17.6. The Balaban J connectivity index is 1.53. The van der Waals surface area contributed by atoms with Crippen LogP contribution in [0.1, 0.15) is 38.3 Å². The summed E-state index contributed by atoms with van der Waals surface area (Å²) in [6.07, 6.45) is 5.19. The van der Waals surface area contributed by atoms with Gasteiger partial charge in [0.05, 0.1) is 11.4 Å². The van der Waals surface area contributed by atoms with Crippen molar-refractivity contribution in [3.63, 3.8) is 0 Å². The highest BCUT2D eigenvalue weighted by molar-refractivity contribution is 8.06. The van der Waals surface area contributed by atoms with Gasteiger partial charge in [-0.1, -0.05) is 18.7 Å². The summed E-state index contributed by atoms with van der Waals surface area (Å²) in [7, 11) is 0. The summed E-state index contributed by atoms with van der Waals surface area (Å²) in [5, 5.41) is 9.50. The van der Waals surface area contributed by atoms with Gasteiger partial charge < -0.3 is 21.3 Å². The first kappa shape index (κ1) is 17.6. The number of anilines is 1. The van der Waals surface area contributed by atoms with Crippen molar-refractivity contribution in [2.75, 3.05) is 25.0 Å². The summed E-state index contributed by atoms with van der Waals surface area (Å²) in [4.78, 5) is 22.2. The number of rotatable bonds is 7. The van der Waals surface area contributed by atoms with E-state index in [4.69, 9.17) is 5.73 Å². The Labute approximate surface area is 152 Å². The molecule has 0 bridgehead atoms. The Morgan fingerprint density at radius 1 is 1.52 bits per heavy atom. The Hall–Kier alpha value is -2.22. The van der Waals surface area contributed by atoms with Crippen LogP contribution in [0.2, 0.25) is 0 Å². The molecule has 0 unspecified atom stereocenters. The Bertz CT molecular complexity index is 702. The third-order valence-corrected chi connectivity index (χ3v) is 5.17. The number of aromatic nitrogens is 2. The van der Waals surface area contributed by atoms with Gasteiger partial charge in [-0.3, -0.25) is 4.79 Å². The first-order valence-corrected chi connectivity index (χ1v) is 9.53. The first-order valence-electron chi connectivity index (χ1n) is 8.65. The van der Waals surface area contributed by atoms with Crippen molar-refractivity contribution in [1.29, 1.82) is 0 Å². The Morgan fingerprint density at radius 2 is 2.40 bits per heavy atom. The standard InChI is InChI=1S/C17H24N6OS/c1-2-12-11-25-16(21-12)15(18)13-6-8-20-17(22-13)19-7-4-10-23-9-3-5-14(23)24/h6,8,11,21H,2-5,7,9-10,18H2,1H3,(H,19,20,22)/b16-15+. The zero-order valence-electron chi connectivity index (χ0n) is 14.4. The van der Waals surface area contributed by atoms with E-state index in [9.17, 15) is 4.79 Å². The van der Waals surface area contributed by atoms with Gasteiger partial charge in [0.25, 0.3) is 0 Å². The number of nitrogens with one attached hydrogen (secondary N) is 2. The van der Waals surface area contributed by atoms with Gasteiger partial charge in [0.15, 0.2) is 0 Å². The second kappa shape index (κ2) is 8.24. The highest BCUT2D eigenvalue weighted by atomic mass is 32.2. The van der Waals surface area contributed by atoms with E-state index in [0.717, 1.165) is 49.6 Å². The number of thioether (sulfide) groups is 1. The maximum Gasteiger partial charge on any atom is 0.223 e. The zero-order valence-corrected chi connectivity index (χ0v) is 15.2. The maximum atomic E-state index is 11.6. The van der Waals surface area contributed by atoms with E-state index in [0.29, 0.717) is 23.8 Å². The molecule has 3 heterocycles. The van der Waals surface area contributed by atoms with Gasteiger partial charge >= 0.3 is 0 Å². The van der Waals surface area contributed by atoms with Crippen molar-refractivity contribution in [2.45, 2.75) is 32.6 Å². The summed E-state index contributed by atoms with van der Waals surface area (Å²) in [5.74, 6) is 0.819. The molecular formula is C17H24N6OS. The van der Waals surface area contributed by atoms with Crippen LogP contribution in [0.15, 0.2) is 28.4 Å². The van der Waals surface area contributed by atoms with E-state index in [-0.39, 0.29) is 5.91 Å². The van der Waals surface area contributed by atoms with Crippen molar-refractivity contribution >= 4 is 29.3 Å². The third-order valence-electron chi connectivity index (χ3n) is 4.21. The number of likely N-dealkylation sites (tertiary alicyclic amines) is 1. The van der Waals surface area contributed by atoms with Crippen LogP contribution < -0.4 is 16.4 Å². The maximum absolute atomic E-state index is 11.6. The van der Waals surface area contributed by atoms with Crippen LogP contribution in [0, 0.1) is 0 Å². The monoisotopic (exact) mass is 360 g/mol. The molecule has 8 heteroatoms. The lowest BCUT2D eigenvalue weighted by molar-refractivity contribution is -0.127. The molecule has 0 aromatic carbocycles. The second-order valence-corrected chi connectivity index (χ2v) is 6.89. The number of nitrogens with two attached hydrogens (primary N) is 1. The molecule has 0 saturated carbocycles. The average Bonchev–Trinajstić information content (AvgIpc) is 3.27. The molecule has 2 aliphatic rings. The van der Waals surface area contributed by atoms with E-state index in [2.05, 4.69) is 32.9 Å². The molecule has 2 aliphatic heterocycles. The molecule has 7 nitrogen and oxygen atoms in total. The van der Waals surface area contributed by atoms with Gasteiger partial charge in [0, 0.05) is 37.9 Å². The predicted octanol–water partition coefficient (Wildman–Crippen LogP) is 2.07. The minimum absolute atomic E-state index is 0.263. The molecule has 0 atom stereocenters. The largest absolute Gasteiger partial charge is 0.395 e. The fourth-order valence-corrected chi connectivity index (χ4v) is 3.67. The van der Waals surface area contributed by atoms with Crippen LogP contribution in [-0.4, -0.2) is 40.4 Å². The van der Waals surface area contributed by atoms with Crippen LogP contribution in [0.25, 0.3) is 5.70 Å². The quantitative estimate of drug-likeness (QED) is 0.641. The van der Waals surface area contributed by atoms with Gasteiger partial charge in [-0.25, -0.2) is 9.97 Å². The second-order valence-electron chi connectivity index (χ2n) is 6.01. The highest BCUT2D eigenvalue weighted by Gasteiger charge is 2.19. The molecule has 1 saturated heterocycles. The minimum Gasteiger partial charge on any atom is -0.395 e. The van der Waals surface area contributed by atoms with Gasteiger partial charge in [0.1, 0.15) is 5.03 Å². The molecule has 0 radical (unpaired) electrons. The van der Waals surface area contributed by atoms with Crippen LogP contribution in [0.5, 0.6) is 0 Å². The molecule has 1 aromatic rings. The lowest BCUT2D eigenvalue weighted by Gasteiger charge is -2.15. The van der Waals surface area contributed by atoms with E-state index in [1.165, 1.54) is 0 Å². The number of carbonyl (C=O) groups excluding carboxylic acids is 1. The normalized spacial score (nSPS) is 19.0. The topological polar surface area (TPSA) is 96.2 Å². The third kappa shape index (κ3) is 4.45. The summed E-state index contributed by atoms with van der Waals surface area (Å²) in [6.45, 7) is 4.48. The van der Waals surface area contributed by atoms with E-state index < -0.39 is 0 Å². The summed E-state index contributed by atoms with van der Waals surface area (Å²) >= 11 is 1.58. The summed E-state index contributed by atoms with van der Waals surface area (Å²) in [6, 6.07) is 1.81. The fraction of sp³-hybridized carbons (Fsp3) is 0.471. The number of allylic oxidation sites excluding steroid dienone is 1. The SMILES string of the molecule is CCC1=CS/C(=C(/N)c2ccnc(NCCCN3CCCC3=O)n2)N1. The van der Waals surface area contributed by atoms with E-state index in [1.807, 2.05) is 11.0 Å². The molecule has 3 rings (SSSR count). The van der Waals surface area contributed by atoms with Crippen LogP contribution in [0.3, 0.4) is 0 Å².